The minimum Gasteiger partial charge on any atom is -0.396 e. The molecule has 1 unspecified atom stereocenters. The third kappa shape index (κ3) is 3.27. The number of aliphatic hydroxyl groups is 1. The molecule has 2 aromatic rings. The highest BCUT2D eigenvalue weighted by atomic mass is 32.1. The van der Waals surface area contributed by atoms with Crippen LogP contribution in [0.25, 0.3) is 0 Å². The number of aliphatic hydroxyl groups excluding tert-OH is 1. The van der Waals surface area contributed by atoms with Gasteiger partial charge in [-0.2, -0.15) is 0 Å². The number of aromatic nitrogens is 2. The summed E-state index contributed by atoms with van der Waals surface area (Å²) in [5.41, 5.74) is 1.89. The molecule has 0 aliphatic carbocycles. The molecule has 0 radical (unpaired) electrons. The highest BCUT2D eigenvalue weighted by Crippen LogP contribution is 2.25. The van der Waals surface area contributed by atoms with Crippen molar-refractivity contribution in [3.05, 3.63) is 39.8 Å². The van der Waals surface area contributed by atoms with Gasteiger partial charge in [-0.15, -0.1) is 11.3 Å². The fraction of sp³-hybridized carbons (Fsp3) is 0.385. The summed E-state index contributed by atoms with van der Waals surface area (Å²) >= 11 is 1.67. The van der Waals surface area contributed by atoms with Gasteiger partial charge >= 0.3 is 0 Å². The Morgan fingerprint density at radius 2 is 2.06 bits per heavy atom. The molecule has 2 N–H and O–H groups in total. The molecule has 0 fully saturated rings. The lowest BCUT2D eigenvalue weighted by molar-refractivity contribution is 0.280. The molecule has 0 aromatic carbocycles. The van der Waals surface area contributed by atoms with Gasteiger partial charge in [0.1, 0.15) is 0 Å². The second kappa shape index (κ2) is 5.93. The summed E-state index contributed by atoms with van der Waals surface area (Å²) in [4.78, 5) is 9.92. The summed E-state index contributed by atoms with van der Waals surface area (Å²) in [5, 5.41) is 14.5. The van der Waals surface area contributed by atoms with Crippen LogP contribution in [0, 0.1) is 13.8 Å². The van der Waals surface area contributed by atoms with Crippen LogP contribution in [-0.4, -0.2) is 21.7 Å². The molecular weight excluding hydrogens is 246 g/mol. The zero-order chi connectivity index (χ0) is 13.0. The maximum absolute atomic E-state index is 9.15. The van der Waals surface area contributed by atoms with E-state index in [1.807, 2.05) is 31.4 Å². The molecule has 0 aliphatic heterocycles. The van der Waals surface area contributed by atoms with Crippen molar-refractivity contribution < 1.29 is 5.11 Å². The van der Waals surface area contributed by atoms with E-state index in [9.17, 15) is 0 Å². The Kier molecular flexibility index (Phi) is 4.28. The van der Waals surface area contributed by atoms with Gasteiger partial charge in [0.25, 0.3) is 0 Å². The van der Waals surface area contributed by atoms with E-state index in [1.165, 1.54) is 4.88 Å². The lowest BCUT2D eigenvalue weighted by Crippen LogP contribution is -2.14. The minimum atomic E-state index is 0.0659. The topological polar surface area (TPSA) is 58.0 Å². The van der Waals surface area contributed by atoms with Crippen molar-refractivity contribution in [3.8, 4) is 0 Å². The van der Waals surface area contributed by atoms with Crippen molar-refractivity contribution >= 4 is 17.3 Å². The quantitative estimate of drug-likeness (QED) is 0.870. The van der Waals surface area contributed by atoms with Crippen LogP contribution in [0.3, 0.4) is 0 Å². The number of nitrogens with one attached hydrogen (secondary N) is 1. The summed E-state index contributed by atoms with van der Waals surface area (Å²) in [7, 11) is 0. The second-order valence-corrected chi connectivity index (χ2v) is 5.18. The highest BCUT2D eigenvalue weighted by molar-refractivity contribution is 7.10. The first kappa shape index (κ1) is 13.0. The van der Waals surface area contributed by atoms with E-state index >= 15 is 0 Å². The Bertz CT molecular complexity index is 479. The van der Waals surface area contributed by atoms with E-state index in [0.717, 1.165) is 11.4 Å². The van der Waals surface area contributed by atoms with Crippen LogP contribution < -0.4 is 5.32 Å². The largest absolute Gasteiger partial charge is 0.396 e. The van der Waals surface area contributed by atoms with E-state index in [-0.39, 0.29) is 12.6 Å². The number of anilines is 1. The number of hydrogen-bond acceptors (Lipinski definition) is 5. The summed E-state index contributed by atoms with van der Waals surface area (Å²) in [6.45, 7) is 4.04. The van der Waals surface area contributed by atoms with Crippen LogP contribution in [-0.2, 0) is 0 Å². The Balaban J connectivity index is 2.18. The fourth-order valence-electron chi connectivity index (χ4n) is 1.85. The van der Waals surface area contributed by atoms with Crippen molar-refractivity contribution in [2.75, 3.05) is 11.9 Å². The van der Waals surface area contributed by atoms with Gasteiger partial charge in [-0.1, -0.05) is 6.07 Å². The molecule has 96 valence electrons. The smallest absolute Gasteiger partial charge is 0.223 e. The SMILES string of the molecule is Cc1cc(C)nc(NC(CCO)c2cccs2)n1. The molecule has 2 rings (SSSR count). The molecule has 1 atom stereocenters. The number of rotatable bonds is 5. The van der Waals surface area contributed by atoms with Gasteiger partial charge in [-0.25, -0.2) is 9.97 Å². The molecule has 0 saturated heterocycles. The molecule has 0 bridgehead atoms. The van der Waals surface area contributed by atoms with Crippen LogP contribution in [0.2, 0.25) is 0 Å². The third-order valence-corrected chi connectivity index (χ3v) is 3.58. The van der Waals surface area contributed by atoms with Gasteiger partial charge in [0.05, 0.1) is 6.04 Å². The predicted molar refractivity (Wildman–Crippen MR) is 73.9 cm³/mol. The Morgan fingerprint density at radius 1 is 1.33 bits per heavy atom. The zero-order valence-electron chi connectivity index (χ0n) is 10.6. The third-order valence-electron chi connectivity index (χ3n) is 2.59. The van der Waals surface area contributed by atoms with Crippen LogP contribution in [0.4, 0.5) is 5.95 Å². The Morgan fingerprint density at radius 3 is 2.61 bits per heavy atom. The van der Waals surface area contributed by atoms with Gasteiger partial charge in [0.15, 0.2) is 0 Å². The molecule has 2 aromatic heterocycles. The molecule has 0 amide bonds. The fourth-order valence-corrected chi connectivity index (χ4v) is 2.66. The number of aryl methyl sites for hydroxylation is 2. The van der Waals surface area contributed by atoms with Gasteiger partial charge in [-0.3, -0.25) is 0 Å². The monoisotopic (exact) mass is 263 g/mol. The van der Waals surface area contributed by atoms with Gasteiger partial charge in [0, 0.05) is 22.9 Å². The van der Waals surface area contributed by atoms with E-state index in [1.54, 1.807) is 11.3 Å². The average molecular weight is 263 g/mol. The van der Waals surface area contributed by atoms with E-state index in [0.29, 0.717) is 12.4 Å². The Hall–Kier alpha value is -1.46. The maximum atomic E-state index is 9.15. The standard InChI is InChI=1S/C13H17N3OS/c1-9-8-10(2)15-13(14-9)16-11(5-6-17)12-4-3-7-18-12/h3-4,7-8,11,17H,5-6H2,1-2H3,(H,14,15,16). The molecule has 0 aliphatic rings. The number of nitrogens with zero attached hydrogens (tertiary/aromatic N) is 2. The summed E-state index contributed by atoms with van der Waals surface area (Å²) < 4.78 is 0. The normalized spacial score (nSPS) is 12.4. The highest BCUT2D eigenvalue weighted by Gasteiger charge is 2.13. The molecule has 0 spiro atoms. The van der Waals surface area contributed by atoms with Crippen molar-refractivity contribution in [1.82, 2.24) is 9.97 Å². The van der Waals surface area contributed by atoms with Crippen LogP contribution >= 0.6 is 11.3 Å². The van der Waals surface area contributed by atoms with Gasteiger partial charge < -0.3 is 10.4 Å². The van der Waals surface area contributed by atoms with Crippen molar-refractivity contribution in [2.24, 2.45) is 0 Å². The van der Waals surface area contributed by atoms with Crippen LogP contribution in [0.15, 0.2) is 23.6 Å². The number of thiophene rings is 1. The molecule has 4 nitrogen and oxygen atoms in total. The van der Waals surface area contributed by atoms with E-state index in [2.05, 4.69) is 21.4 Å². The van der Waals surface area contributed by atoms with Gasteiger partial charge in [-0.05, 0) is 37.8 Å². The molecule has 5 heteroatoms. The van der Waals surface area contributed by atoms with Crippen molar-refractivity contribution in [3.63, 3.8) is 0 Å². The molecule has 18 heavy (non-hydrogen) atoms. The summed E-state index contributed by atoms with van der Waals surface area (Å²) in [5.74, 6) is 0.624. The lowest BCUT2D eigenvalue weighted by Gasteiger charge is -2.16. The zero-order valence-corrected chi connectivity index (χ0v) is 11.4. The molecule has 2 heterocycles. The predicted octanol–water partition coefficient (Wildman–Crippen LogP) is 2.69. The second-order valence-electron chi connectivity index (χ2n) is 4.20. The van der Waals surface area contributed by atoms with Gasteiger partial charge in [0.2, 0.25) is 5.95 Å². The van der Waals surface area contributed by atoms with Crippen LogP contribution in [0.1, 0.15) is 28.7 Å². The summed E-state index contributed by atoms with van der Waals surface area (Å²) in [6, 6.07) is 6.07. The maximum Gasteiger partial charge on any atom is 0.223 e. The molecule has 0 saturated carbocycles. The molecular formula is C13H17N3OS. The number of hydrogen-bond donors (Lipinski definition) is 2. The van der Waals surface area contributed by atoms with Crippen LogP contribution in [0.5, 0.6) is 0 Å². The van der Waals surface area contributed by atoms with E-state index < -0.39 is 0 Å². The lowest BCUT2D eigenvalue weighted by atomic mass is 10.2. The first-order valence-electron chi connectivity index (χ1n) is 5.92. The summed E-state index contributed by atoms with van der Waals surface area (Å²) in [6.07, 6.45) is 0.650. The van der Waals surface area contributed by atoms with Crippen molar-refractivity contribution in [1.29, 1.82) is 0 Å². The minimum absolute atomic E-state index is 0.0659. The first-order chi connectivity index (χ1) is 8.69. The van der Waals surface area contributed by atoms with Crippen molar-refractivity contribution in [2.45, 2.75) is 26.3 Å². The average Bonchev–Trinajstić information content (AvgIpc) is 2.80. The van der Waals surface area contributed by atoms with E-state index in [4.69, 9.17) is 5.11 Å². The first-order valence-corrected chi connectivity index (χ1v) is 6.80. The Labute approximate surface area is 111 Å².